The molecule has 2 aromatic rings. The molecule has 2 fully saturated rings. The average Bonchev–Trinajstić information content (AvgIpc) is 3.35. The van der Waals surface area contributed by atoms with Crippen LogP contribution in [0.25, 0.3) is 11.0 Å². The summed E-state index contributed by atoms with van der Waals surface area (Å²) in [6, 6.07) is 4.63. The number of morpholine rings is 1. The molecule has 1 aromatic heterocycles. The number of aryl methyl sites for hydroxylation is 1. The Morgan fingerprint density at radius 1 is 1.30 bits per heavy atom. The predicted octanol–water partition coefficient (Wildman–Crippen LogP) is 0.815. The Bertz CT molecular complexity index is 1250. The summed E-state index contributed by atoms with van der Waals surface area (Å²) in [5.74, 6) is 0.0831. The smallest absolute Gasteiger partial charge is 0.243 e. The van der Waals surface area contributed by atoms with Crippen LogP contribution in [0.2, 0.25) is 0 Å². The van der Waals surface area contributed by atoms with Crippen LogP contribution in [0.1, 0.15) is 13.3 Å². The fourth-order valence-electron chi connectivity index (χ4n) is 4.11. The maximum Gasteiger partial charge on any atom is 0.243 e. The predicted molar refractivity (Wildman–Crippen MR) is 126 cm³/mol. The first-order valence-corrected chi connectivity index (χ1v) is 15.0. The minimum Gasteiger partial charge on any atom is -0.379 e. The number of benzene rings is 1. The summed E-state index contributed by atoms with van der Waals surface area (Å²) in [5.41, 5.74) is 1.35. The third-order valence-corrected chi connectivity index (χ3v) is 10.7. The van der Waals surface area contributed by atoms with Crippen molar-refractivity contribution >= 4 is 48.6 Å². The van der Waals surface area contributed by atoms with Gasteiger partial charge in [0.1, 0.15) is 0 Å². The first-order valence-electron chi connectivity index (χ1n) is 10.8. The molecule has 33 heavy (non-hydrogen) atoms. The number of rotatable bonds is 7. The van der Waals surface area contributed by atoms with E-state index in [-0.39, 0.29) is 34.1 Å². The zero-order chi connectivity index (χ0) is 23.8. The van der Waals surface area contributed by atoms with E-state index in [1.54, 1.807) is 25.2 Å². The van der Waals surface area contributed by atoms with Crippen LogP contribution in [0, 0.1) is 0 Å². The maximum absolute atomic E-state index is 13.0. The highest BCUT2D eigenvalue weighted by Gasteiger charge is 2.33. The molecular weight excluding hydrogens is 488 g/mol. The van der Waals surface area contributed by atoms with Gasteiger partial charge in [0.25, 0.3) is 0 Å². The van der Waals surface area contributed by atoms with E-state index in [1.165, 1.54) is 21.0 Å². The van der Waals surface area contributed by atoms with Gasteiger partial charge in [-0.1, -0.05) is 11.8 Å². The van der Waals surface area contributed by atoms with Crippen LogP contribution in [0.5, 0.6) is 0 Å². The molecule has 1 aromatic carbocycles. The summed E-state index contributed by atoms with van der Waals surface area (Å²) in [7, 11) is -5.06. The van der Waals surface area contributed by atoms with E-state index in [0.29, 0.717) is 49.9 Å². The second-order valence-electron chi connectivity index (χ2n) is 8.16. The first-order chi connectivity index (χ1) is 15.6. The van der Waals surface area contributed by atoms with Crippen molar-refractivity contribution in [1.82, 2.24) is 18.8 Å². The van der Waals surface area contributed by atoms with Crippen molar-refractivity contribution in [2.24, 2.45) is 0 Å². The van der Waals surface area contributed by atoms with Crippen LogP contribution < -0.4 is 0 Å². The lowest BCUT2D eigenvalue weighted by molar-refractivity contribution is -0.128. The highest BCUT2D eigenvalue weighted by Crippen LogP contribution is 2.28. The number of hydrogen-bond donors (Lipinski definition) is 0. The van der Waals surface area contributed by atoms with Gasteiger partial charge in [0.05, 0.1) is 46.4 Å². The quantitative estimate of drug-likeness (QED) is 0.496. The van der Waals surface area contributed by atoms with Gasteiger partial charge in [-0.05, 0) is 31.5 Å². The van der Waals surface area contributed by atoms with E-state index >= 15 is 0 Å². The molecule has 0 spiro atoms. The Balaban J connectivity index is 1.51. The normalized spacial score (nSPS) is 21.5. The first kappa shape index (κ1) is 24.5. The van der Waals surface area contributed by atoms with Gasteiger partial charge in [0.2, 0.25) is 15.9 Å². The third kappa shape index (κ3) is 5.06. The van der Waals surface area contributed by atoms with Gasteiger partial charge < -0.3 is 14.2 Å². The van der Waals surface area contributed by atoms with Crippen LogP contribution in [0.4, 0.5) is 0 Å². The highest BCUT2D eigenvalue weighted by molar-refractivity contribution is 7.99. The molecular formula is C20H28N4O6S3. The number of hydrogen-bond acceptors (Lipinski definition) is 8. The molecule has 0 N–H and O–H groups in total. The molecule has 0 saturated carbocycles. The molecule has 10 nitrogen and oxygen atoms in total. The molecule has 1 unspecified atom stereocenters. The summed E-state index contributed by atoms with van der Waals surface area (Å²) < 4.78 is 58.0. The van der Waals surface area contributed by atoms with Gasteiger partial charge in [0, 0.05) is 32.7 Å². The van der Waals surface area contributed by atoms with Crippen molar-refractivity contribution in [3.05, 3.63) is 18.2 Å². The van der Waals surface area contributed by atoms with E-state index in [1.807, 2.05) is 11.5 Å². The molecule has 2 saturated heterocycles. The molecule has 0 radical (unpaired) electrons. The molecule has 4 rings (SSSR count). The van der Waals surface area contributed by atoms with Crippen LogP contribution in [-0.4, -0.2) is 98.2 Å². The Morgan fingerprint density at radius 3 is 2.67 bits per heavy atom. The number of fused-ring (bicyclic) bond motifs is 1. The van der Waals surface area contributed by atoms with Gasteiger partial charge >= 0.3 is 0 Å². The summed E-state index contributed by atoms with van der Waals surface area (Å²) in [6.45, 7) is 3.97. The topological polar surface area (TPSA) is 119 Å². The molecule has 2 aliphatic rings. The number of thioether (sulfide) groups is 1. The molecule has 2 aliphatic heterocycles. The largest absolute Gasteiger partial charge is 0.379 e. The Morgan fingerprint density at radius 2 is 2.03 bits per heavy atom. The number of sulfonamides is 1. The monoisotopic (exact) mass is 516 g/mol. The van der Waals surface area contributed by atoms with Crippen molar-refractivity contribution in [1.29, 1.82) is 0 Å². The third-order valence-electron chi connectivity index (χ3n) is 6.08. The van der Waals surface area contributed by atoms with Crippen molar-refractivity contribution in [2.45, 2.75) is 36.0 Å². The van der Waals surface area contributed by atoms with Gasteiger partial charge in [-0.15, -0.1) is 0 Å². The summed E-state index contributed by atoms with van der Waals surface area (Å²) >= 11 is 1.27. The molecule has 3 heterocycles. The molecule has 182 valence electrons. The van der Waals surface area contributed by atoms with E-state index in [9.17, 15) is 21.6 Å². The molecule has 0 aliphatic carbocycles. The Labute approximate surface area is 198 Å². The average molecular weight is 517 g/mol. The minimum absolute atomic E-state index is 0.00771. The second kappa shape index (κ2) is 9.53. The highest BCUT2D eigenvalue weighted by atomic mass is 32.2. The summed E-state index contributed by atoms with van der Waals surface area (Å²) in [5, 5.41) is 0.620. The van der Waals surface area contributed by atoms with E-state index in [0.717, 1.165) is 5.52 Å². The summed E-state index contributed by atoms with van der Waals surface area (Å²) in [4.78, 5) is 19.0. The van der Waals surface area contributed by atoms with Crippen LogP contribution in [-0.2, 0) is 35.9 Å². The van der Waals surface area contributed by atoms with E-state index in [4.69, 9.17) is 4.74 Å². The maximum atomic E-state index is 13.0. The lowest BCUT2D eigenvalue weighted by Gasteiger charge is -2.26. The minimum atomic E-state index is -3.63. The van der Waals surface area contributed by atoms with Crippen LogP contribution >= 0.6 is 11.8 Å². The SMILES string of the molecule is CCn1c(SCC(=O)N(C)C2CCS(=O)(=O)C2)nc2cc(S(=O)(=O)N3CCOCC3)ccc21. The fraction of sp³-hybridized carbons (Fsp3) is 0.600. The fourth-order valence-corrected chi connectivity index (χ4v) is 8.32. The van der Waals surface area contributed by atoms with Crippen LogP contribution in [0.3, 0.4) is 0 Å². The number of nitrogens with zero attached hydrogens (tertiary/aromatic N) is 4. The van der Waals surface area contributed by atoms with Gasteiger partial charge in [0.15, 0.2) is 15.0 Å². The van der Waals surface area contributed by atoms with Gasteiger partial charge in [-0.2, -0.15) is 4.31 Å². The molecule has 1 amide bonds. The van der Waals surface area contributed by atoms with Crippen molar-refractivity contribution in [2.75, 3.05) is 50.6 Å². The van der Waals surface area contributed by atoms with Gasteiger partial charge in [-0.3, -0.25) is 4.79 Å². The number of aromatic nitrogens is 2. The van der Waals surface area contributed by atoms with E-state index < -0.39 is 19.9 Å². The second-order valence-corrected chi connectivity index (χ2v) is 13.3. The molecule has 13 heteroatoms. The lowest BCUT2D eigenvalue weighted by Crippen LogP contribution is -2.40. The number of carbonyl (C=O) groups is 1. The number of amides is 1. The zero-order valence-corrected chi connectivity index (χ0v) is 21.1. The van der Waals surface area contributed by atoms with Crippen LogP contribution in [0.15, 0.2) is 28.3 Å². The van der Waals surface area contributed by atoms with Crippen molar-refractivity contribution < 1.29 is 26.4 Å². The zero-order valence-electron chi connectivity index (χ0n) is 18.6. The number of imidazole rings is 1. The number of ether oxygens (including phenoxy) is 1. The summed E-state index contributed by atoms with van der Waals surface area (Å²) in [6.07, 6.45) is 0.461. The lowest BCUT2D eigenvalue weighted by atomic mass is 10.2. The number of sulfone groups is 1. The Hall–Kier alpha value is -1.67. The molecule has 0 bridgehead atoms. The van der Waals surface area contributed by atoms with Gasteiger partial charge in [-0.25, -0.2) is 21.8 Å². The standard InChI is InChI=1S/C20H28N4O6S3/c1-3-24-18-5-4-16(33(28,29)23-7-9-30-10-8-23)12-17(18)21-20(24)31-13-19(25)22(2)15-6-11-32(26,27)14-15/h4-5,12,15H,3,6-11,13-14H2,1-2H3. The molecule has 1 atom stereocenters. The van der Waals surface area contributed by atoms with Crippen molar-refractivity contribution in [3.8, 4) is 0 Å². The van der Waals surface area contributed by atoms with E-state index in [2.05, 4.69) is 4.98 Å². The Kier molecular flexibility index (Phi) is 7.06. The van der Waals surface area contributed by atoms with Crippen molar-refractivity contribution in [3.63, 3.8) is 0 Å². The number of carbonyl (C=O) groups excluding carboxylic acids is 1.